The highest BCUT2D eigenvalue weighted by atomic mass is 32.2. The smallest absolute Gasteiger partial charge is 0.326 e. The summed E-state index contributed by atoms with van der Waals surface area (Å²) in [6.45, 7) is 5.13. The lowest BCUT2D eigenvalue weighted by Gasteiger charge is -2.24. The van der Waals surface area contributed by atoms with Crippen molar-refractivity contribution in [3.63, 3.8) is 0 Å². The largest absolute Gasteiger partial charge is 0.481 e. The molecule has 11 nitrogen and oxygen atoms in total. The molecule has 0 spiro atoms. The zero-order valence-electron chi connectivity index (χ0n) is 17.6. The van der Waals surface area contributed by atoms with Gasteiger partial charge in [0.2, 0.25) is 17.7 Å². The summed E-state index contributed by atoms with van der Waals surface area (Å²) in [5, 5.41) is 25.0. The number of carbonyl (C=O) groups is 5. The third kappa shape index (κ3) is 9.92. The average molecular weight is 449 g/mol. The number of carboxylic acid groups (broad SMARTS) is 2. The van der Waals surface area contributed by atoms with Crippen molar-refractivity contribution in [3.05, 3.63) is 0 Å². The number of carbonyl (C=O) groups excluding carboxylic acids is 3. The van der Waals surface area contributed by atoms with Crippen LogP contribution in [0.2, 0.25) is 0 Å². The molecule has 0 aliphatic heterocycles. The number of nitrogens with two attached hydrogens (primary N) is 1. The third-order valence-electron chi connectivity index (χ3n) is 4.55. The van der Waals surface area contributed by atoms with E-state index in [0.717, 1.165) is 0 Å². The molecule has 0 fully saturated rings. The molecular weight excluding hydrogens is 416 g/mol. The fraction of sp³-hybridized carbons (Fsp3) is 0.722. The molecule has 0 aromatic rings. The highest BCUT2D eigenvalue weighted by molar-refractivity contribution is 7.98. The summed E-state index contributed by atoms with van der Waals surface area (Å²) in [7, 11) is 0. The lowest BCUT2D eigenvalue weighted by molar-refractivity contribution is -0.147. The van der Waals surface area contributed by atoms with E-state index in [9.17, 15) is 24.0 Å². The second kappa shape index (κ2) is 13.8. The van der Waals surface area contributed by atoms with Gasteiger partial charge in [0.05, 0.1) is 12.5 Å². The molecule has 0 aromatic heterocycles. The highest BCUT2D eigenvalue weighted by Gasteiger charge is 2.30. The number of hydrogen-bond acceptors (Lipinski definition) is 7. The Kier molecular flexibility index (Phi) is 12.7. The molecule has 0 aliphatic carbocycles. The third-order valence-corrected chi connectivity index (χ3v) is 5.19. The van der Waals surface area contributed by atoms with Crippen molar-refractivity contribution in [2.45, 2.75) is 64.2 Å². The van der Waals surface area contributed by atoms with Crippen LogP contribution in [0.25, 0.3) is 0 Å². The van der Waals surface area contributed by atoms with Gasteiger partial charge in [0.1, 0.15) is 18.1 Å². The maximum absolute atomic E-state index is 12.5. The zero-order valence-corrected chi connectivity index (χ0v) is 18.5. The normalized spacial score (nSPS) is 15.8. The quantitative estimate of drug-likeness (QED) is 0.197. The van der Waals surface area contributed by atoms with Crippen LogP contribution in [0.4, 0.5) is 0 Å². The van der Waals surface area contributed by atoms with Crippen molar-refractivity contribution in [1.29, 1.82) is 0 Å². The number of rotatable bonds is 14. The predicted octanol–water partition coefficient (Wildman–Crippen LogP) is -0.853. The molecule has 7 N–H and O–H groups in total. The van der Waals surface area contributed by atoms with Crippen molar-refractivity contribution in [2.24, 2.45) is 11.7 Å². The second-order valence-electron chi connectivity index (χ2n) is 6.98. The Balaban J connectivity index is 5.11. The number of hydrogen-bond donors (Lipinski definition) is 6. The van der Waals surface area contributed by atoms with E-state index in [1.54, 1.807) is 6.26 Å². The van der Waals surface area contributed by atoms with E-state index >= 15 is 0 Å². The lowest BCUT2D eigenvalue weighted by atomic mass is 9.99. The zero-order chi connectivity index (χ0) is 23.4. The maximum atomic E-state index is 12.5. The standard InChI is InChI=1S/C18H32N4O7S/c1-5-9(2)14(19)17(27)20-10(3)15(25)21-11(6-7-30-4)16(26)22-12(18(28)29)8-13(23)24/h9-12,14H,5-8,19H2,1-4H3,(H,20,27)(H,21,25)(H,22,26)(H,23,24)(H,28,29). The Labute approximate surface area is 179 Å². The van der Waals surface area contributed by atoms with Gasteiger partial charge in [-0.1, -0.05) is 20.3 Å². The lowest BCUT2D eigenvalue weighted by Crippen LogP contribution is -2.57. The number of nitrogens with one attached hydrogen (secondary N) is 3. The minimum Gasteiger partial charge on any atom is -0.481 e. The first-order valence-electron chi connectivity index (χ1n) is 9.54. The minimum atomic E-state index is -1.63. The first-order valence-corrected chi connectivity index (χ1v) is 10.9. The van der Waals surface area contributed by atoms with Gasteiger partial charge < -0.3 is 31.9 Å². The van der Waals surface area contributed by atoms with Crippen molar-refractivity contribution in [3.8, 4) is 0 Å². The highest BCUT2D eigenvalue weighted by Crippen LogP contribution is 2.06. The van der Waals surface area contributed by atoms with Crippen LogP contribution in [0.15, 0.2) is 0 Å². The first-order chi connectivity index (χ1) is 13.9. The first kappa shape index (κ1) is 27.7. The van der Waals surface area contributed by atoms with E-state index in [1.807, 2.05) is 13.8 Å². The summed E-state index contributed by atoms with van der Waals surface area (Å²) in [5.41, 5.74) is 5.84. The van der Waals surface area contributed by atoms with Gasteiger partial charge in [-0.15, -0.1) is 0 Å². The molecule has 172 valence electrons. The Morgan fingerprint density at radius 1 is 0.933 bits per heavy atom. The van der Waals surface area contributed by atoms with Gasteiger partial charge >= 0.3 is 11.9 Å². The van der Waals surface area contributed by atoms with Crippen LogP contribution >= 0.6 is 11.8 Å². The van der Waals surface area contributed by atoms with Crippen molar-refractivity contribution < 1.29 is 34.2 Å². The molecule has 3 amide bonds. The van der Waals surface area contributed by atoms with Crippen LogP contribution in [0, 0.1) is 5.92 Å². The molecule has 0 rings (SSSR count). The van der Waals surface area contributed by atoms with Crippen molar-refractivity contribution in [1.82, 2.24) is 16.0 Å². The molecule has 0 bridgehead atoms. The predicted molar refractivity (Wildman–Crippen MR) is 112 cm³/mol. The molecule has 0 radical (unpaired) electrons. The van der Waals surface area contributed by atoms with Crippen molar-refractivity contribution in [2.75, 3.05) is 12.0 Å². The van der Waals surface area contributed by atoms with Gasteiger partial charge in [-0.05, 0) is 31.3 Å². The summed E-state index contributed by atoms with van der Waals surface area (Å²) >= 11 is 1.41. The molecule has 30 heavy (non-hydrogen) atoms. The fourth-order valence-corrected chi connectivity index (χ4v) is 2.81. The number of carboxylic acids is 2. The SMILES string of the molecule is CCC(C)C(N)C(=O)NC(C)C(=O)NC(CCSC)C(=O)NC(CC(=O)O)C(=O)O. The van der Waals surface area contributed by atoms with Crippen LogP contribution in [-0.4, -0.2) is 76.0 Å². The Morgan fingerprint density at radius 2 is 1.50 bits per heavy atom. The Bertz CT molecular complexity index is 632. The van der Waals surface area contributed by atoms with Crippen LogP contribution in [0.3, 0.4) is 0 Å². The van der Waals surface area contributed by atoms with E-state index in [1.165, 1.54) is 18.7 Å². The van der Waals surface area contributed by atoms with E-state index < -0.39 is 60.2 Å². The van der Waals surface area contributed by atoms with Gasteiger partial charge in [0.25, 0.3) is 0 Å². The Hall–Kier alpha value is -2.34. The Morgan fingerprint density at radius 3 is 1.97 bits per heavy atom. The summed E-state index contributed by atoms with van der Waals surface area (Å²) in [6, 6.07) is -4.49. The second-order valence-corrected chi connectivity index (χ2v) is 7.97. The van der Waals surface area contributed by atoms with Gasteiger partial charge in [-0.2, -0.15) is 11.8 Å². The van der Waals surface area contributed by atoms with Gasteiger partial charge in [-0.3, -0.25) is 19.2 Å². The van der Waals surface area contributed by atoms with Crippen LogP contribution in [-0.2, 0) is 24.0 Å². The molecule has 0 aliphatic rings. The summed E-state index contributed by atoms with van der Waals surface area (Å²) < 4.78 is 0. The summed E-state index contributed by atoms with van der Waals surface area (Å²) in [6.07, 6.45) is 1.86. The topological polar surface area (TPSA) is 188 Å². The maximum Gasteiger partial charge on any atom is 0.326 e. The van der Waals surface area contributed by atoms with Crippen molar-refractivity contribution >= 4 is 41.4 Å². The number of aliphatic carboxylic acids is 2. The summed E-state index contributed by atoms with van der Waals surface area (Å²) in [4.78, 5) is 59.0. The van der Waals surface area contributed by atoms with Crippen LogP contribution in [0.1, 0.15) is 40.0 Å². The minimum absolute atomic E-state index is 0.0810. The average Bonchev–Trinajstić information content (AvgIpc) is 2.68. The molecule has 0 saturated carbocycles. The molecule has 5 unspecified atom stereocenters. The van der Waals surface area contributed by atoms with E-state index in [0.29, 0.717) is 12.2 Å². The van der Waals surface area contributed by atoms with Gasteiger partial charge in [-0.25, -0.2) is 4.79 Å². The van der Waals surface area contributed by atoms with E-state index in [-0.39, 0.29) is 12.3 Å². The van der Waals surface area contributed by atoms with E-state index in [4.69, 9.17) is 15.9 Å². The fourth-order valence-electron chi connectivity index (χ4n) is 2.34. The molecular formula is C18H32N4O7S. The molecule has 12 heteroatoms. The molecule has 0 aromatic carbocycles. The van der Waals surface area contributed by atoms with Crippen LogP contribution in [0.5, 0.6) is 0 Å². The molecule has 0 heterocycles. The molecule has 0 saturated heterocycles. The number of amides is 3. The summed E-state index contributed by atoms with van der Waals surface area (Å²) in [5.74, 6) is -4.45. The van der Waals surface area contributed by atoms with Crippen LogP contribution < -0.4 is 21.7 Å². The number of thioether (sulfide) groups is 1. The van der Waals surface area contributed by atoms with Gasteiger partial charge in [0, 0.05) is 0 Å². The monoisotopic (exact) mass is 448 g/mol. The van der Waals surface area contributed by atoms with Gasteiger partial charge in [0.15, 0.2) is 0 Å². The van der Waals surface area contributed by atoms with E-state index in [2.05, 4.69) is 16.0 Å². The molecule has 5 atom stereocenters.